The van der Waals surface area contributed by atoms with E-state index in [2.05, 4.69) is 47.7 Å². The number of hydrogen-bond acceptors (Lipinski definition) is 2. The standard InChI is InChI=1S/C12H19BrO2Si/c1-16(2,3)10-6-4-9(5-7-10)12(15)11(14)8-13/h4-7,11-12,14-15H,8H2,1-3H3. The van der Waals surface area contributed by atoms with Crippen molar-refractivity contribution in [3.63, 3.8) is 0 Å². The van der Waals surface area contributed by atoms with E-state index in [1.807, 2.05) is 12.1 Å². The Morgan fingerprint density at radius 1 is 1.12 bits per heavy atom. The predicted molar refractivity (Wildman–Crippen MR) is 74.2 cm³/mol. The molecule has 2 atom stereocenters. The molecule has 0 aromatic heterocycles. The normalized spacial score (nSPS) is 15.9. The Balaban J connectivity index is 2.87. The van der Waals surface area contributed by atoms with Gasteiger partial charge >= 0.3 is 0 Å². The summed E-state index contributed by atoms with van der Waals surface area (Å²) in [5.41, 5.74) is 0.772. The van der Waals surface area contributed by atoms with Crippen molar-refractivity contribution in [3.05, 3.63) is 29.8 Å². The van der Waals surface area contributed by atoms with E-state index in [9.17, 15) is 10.2 Å². The highest BCUT2D eigenvalue weighted by molar-refractivity contribution is 9.09. The fraction of sp³-hybridized carbons (Fsp3) is 0.500. The Bertz CT molecular complexity index is 332. The first-order valence-corrected chi connectivity index (χ1v) is 10.0. The summed E-state index contributed by atoms with van der Waals surface area (Å²) >= 11 is 3.16. The number of aliphatic hydroxyl groups is 2. The molecule has 2 unspecified atom stereocenters. The SMILES string of the molecule is C[Si](C)(C)c1ccc(C(O)C(O)CBr)cc1. The van der Waals surface area contributed by atoms with Gasteiger partial charge in [0.15, 0.2) is 0 Å². The largest absolute Gasteiger partial charge is 0.389 e. The van der Waals surface area contributed by atoms with Crippen LogP contribution in [0.5, 0.6) is 0 Å². The van der Waals surface area contributed by atoms with Crippen LogP contribution in [0.2, 0.25) is 19.6 Å². The van der Waals surface area contributed by atoms with Crippen molar-refractivity contribution in [1.29, 1.82) is 0 Å². The number of rotatable bonds is 4. The average Bonchev–Trinajstić information content (AvgIpc) is 2.26. The van der Waals surface area contributed by atoms with Gasteiger partial charge in [-0.2, -0.15) is 0 Å². The summed E-state index contributed by atoms with van der Waals surface area (Å²) < 4.78 is 0. The molecule has 0 heterocycles. The van der Waals surface area contributed by atoms with Gasteiger partial charge in [0.1, 0.15) is 6.10 Å². The van der Waals surface area contributed by atoms with Gasteiger partial charge in [-0.05, 0) is 5.56 Å². The van der Waals surface area contributed by atoms with E-state index in [0.29, 0.717) is 5.33 Å². The Morgan fingerprint density at radius 3 is 2.00 bits per heavy atom. The summed E-state index contributed by atoms with van der Waals surface area (Å²) in [5.74, 6) is 0. The van der Waals surface area contributed by atoms with E-state index in [1.165, 1.54) is 5.19 Å². The summed E-state index contributed by atoms with van der Waals surface area (Å²) in [5, 5.41) is 21.1. The molecule has 0 fully saturated rings. The van der Waals surface area contributed by atoms with Crippen LogP contribution in [0.3, 0.4) is 0 Å². The number of halogens is 1. The maximum absolute atomic E-state index is 9.81. The highest BCUT2D eigenvalue weighted by Gasteiger charge is 2.19. The maximum Gasteiger partial charge on any atom is 0.106 e. The predicted octanol–water partition coefficient (Wildman–Crippen LogP) is 2.02. The molecule has 1 aromatic carbocycles. The first kappa shape index (κ1) is 13.9. The minimum atomic E-state index is -1.28. The van der Waals surface area contributed by atoms with Gasteiger partial charge in [0.25, 0.3) is 0 Å². The Morgan fingerprint density at radius 2 is 1.62 bits per heavy atom. The van der Waals surface area contributed by atoms with Crippen molar-refractivity contribution in [2.24, 2.45) is 0 Å². The second-order valence-electron chi connectivity index (χ2n) is 5.04. The summed E-state index contributed by atoms with van der Waals surface area (Å²) in [4.78, 5) is 0. The summed E-state index contributed by atoms with van der Waals surface area (Å²) in [6, 6.07) is 7.94. The third-order valence-corrected chi connectivity index (χ3v) is 5.37. The zero-order valence-corrected chi connectivity index (χ0v) is 12.5. The van der Waals surface area contributed by atoms with Crippen LogP contribution in [-0.2, 0) is 0 Å². The number of hydrogen-bond donors (Lipinski definition) is 2. The monoisotopic (exact) mass is 302 g/mol. The van der Waals surface area contributed by atoms with Gasteiger partial charge in [-0.15, -0.1) is 0 Å². The number of alkyl halides is 1. The van der Waals surface area contributed by atoms with Gasteiger partial charge in [0.05, 0.1) is 14.2 Å². The van der Waals surface area contributed by atoms with Crippen LogP contribution < -0.4 is 5.19 Å². The topological polar surface area (TPSA) is 40.5 Å². The molecule has 0 bridgehead atoms. The third kappa shape index (κ3) is 3.42. The molecule has 2 nitrogen and oxygen atoms in total. The molecule has 0 aliphatic carbocycles. The minimum absolute atomic E-state index is 0.379. The molecular formula is C12H19BrO2Si. The zero-order valence-electron chi connectivity index (χ0n) is 9.94. The van der Waals surface area contributed by atoms with Crippen LogP contribution >= 0.6 is 15.9 Å². The second kappa shape index (κ2) is 5.45. The van der Waals surface area contributed by atoms with E-state index in [-0.39, 0.29) is 0 Å². The lowest BCUT2D eigenvalue weighted by Crippen LogP contribution is -2.37. The van der Waals surface area contributed by atoms with Crippen LogP contribution in [0.25, 0.3) is 0 Å². The molecule has 90 valence electrons. The smallest absolute Gasteiger partial charge is 0.106 e. The van der Waals surface area contributed by atoms with E-state index in [4.69, 9.17) is 0 Å². The lowest BCUT2D eigenvalue weighted by Gasteiger charge is -2.19. The molecule has 0 aliphatic heterocycles. The minimum Gasteiger partial charge on any atom is -0.389 e. The molecule has 1 rings (SSSR count). The molecule has 0 amide bonds. The van der Waals surface area contributed by atoms with Crippen LogP contribution in [0.4, 0.5) is 0 Å². The van der Waals surface area contributed by atoms with Crippen molar-refractivity contribution in [3.8, 4) is 0 Å². The summed E-state index contributed by atoms with van der Waals surface area (Å²) in [7, 11) is -1.28. The zero-order chi connectivity index (χ0) is 12.3. The molecule has 0 saturated heterocycles. The van der Waals surface area contributed by atoms with Gasteiger partial charge < -0.3 is 10.2 Å². The second-order valence-corrected chi connectivity index (χ2v) is 10.8. The molecule has 0 radical (unpaired) electrons. The Hall–Kier alpha value is -0.163. The van der Waals surface area contributed by atoms with Crippen LogP contribution in [0.15, 0.2) is 24.3 Å². The summed E-state index contributed by atoms with van der Waals surface area (Å²) in [6.45, 7) is 6.85. The van der Waals surface area contributed by atoms with Gasteiger partial charge in [-0.1, -0.05) is 65.0 Å². The van der Waals surface area contributed by atoms with Crippen LogP contribution in [0.1, 0.15) is 11.7 Å². The maximum atomic E-state index is 9.81. The molecule has 4 heteroatoms. The highest BCUT2D eigenvalue weighted by atomic mass is 79.9. The van der Waals surface area contributed by atoms with Gasteiger partial charge in [-0.3, -0.25) is 0 Å². The van der Waals surface area contributed by atoms with Crippen molar-refractivity contribution in [2.75, 3.05) is 5.33 Å². The number of aliphatic hydroxyl groups excluding tert-OH is 2. The fourth-order valence-corrected chi connectivity index (χ4v) is 3.01. The summed E-state index contributed by atoms with van der Waals surface area (Å²) in [6.07, 6.45) is -1.56. The first-order chi connectivity index (χ1) is 7.36. The molecule has 1 aromatic rings. The van der Waals surface area contributed by atoms with E-state index < -0.39 is 20.3 Å². The van der Waals surface area contributed by atoms with Gasteiger partial charge in [-0.25, -0.2) is 0 Å². The third-order valence-electron chi connectivity index (χ3n) is 2.64. The average molecular weight is 303 g/mol. The van der Waals surface area contributed by atoms with E-state index in [1.54, 1.807) is 0 Å². The molecule has 2 N–H and O–H groups in total. The van der Waals surface area contributed by atoms with Crippen molar-refractivity contribution >= 4 is 29.2 Å². The van der Waals surface area contributed by atoms with Crippen molar-refractivity contribution < 1.29 is 10.2 Å². The fourth-order valence-electron chi connectivity index (χ4n) is 1.49. The van der Waals surface area contributed by atoms with Crippen molar-refractivity contribution in [2.45, 2.75) is 31.8 Å². The Kier molecular flexibility index (Phi) is 4.73. The quantitative estimate of drug-likeness (QED) is 0.660. The molecule has 0 spiro atoms. The first-order valence-electron chi connectivity index (χ1n) is 5.39. The van der Waals surface area contributed by atoms with Crippen LogP contribution in [0, 0.1) is 0 Å². The van der Waals surface area contributed by atoms with E-state index >= 15 is 0 Å². The van der Waals surface area contributed by atoms with Gasteiger partial charge in [0.2, 0.25) is 0 Å². The molecule has 0 saturated carbocycles. The Labute approximate surface area is 106 Å². The van der Waals surface area contributed by atoms with E-state index in [0.717, 1.165) is 5.56 Å². The van der Waals surface area contributed by atoms with Crippen LogP contribution in [-0.4, -0.2) is 29.7 Å². The molecule has 16 heavy (non-hydrogen) atoms. The lowest BCUT2D eigenvalue weighted by atomic mass is 10.1. The molecular weight excluding hydrogens is 284 g/mol. The van der Waals surface area contributed by atoms with Gasteiger partial charge in [0, 0.05) is 5.33 Å². The lowest BCUT2D eigenvalue weighted by molar-refractivity contribution is 0.0343. The highest BCUT2D eigenvalue weighted by Crippen LogP contribution is 2.17. The number of benzene rings is 1. The van der Waals surface area contributed by atoms with Crippen molar-refractivity contribution in [1.82, 2.24) is 0 Å². The molecule has 0 aliphatic rings.